The number of carbonyl (C=O) groups excluding carboxylic acids is 3. The summed E-state index contributed by atoms with van der Waals surface area (Å²) < 4.78 is 0. The molecule has 1 amide bonds. The van der Waals surface area contributed by atoms with Crippen molar-refractivity contribution in [1.29, 1.82) is 0 Å². The number of amides is 1. The van der Waals surface area contributed by atoms with E-state index in [1.165, 1.54) is 11.6 Å². The molecule has 0 spiro atoms. The van der Waals surface area contributed by atoms with Crippen LogP contribution in [-0.2, 0) is 29.1 Å². The summed E-state index contributed by atoms with van der Waals surface area (Å²) in [5.41, 5.74) is 7.09. The third kappa shape index (κ3) is 5.59. The van der Waals surface area contributed by atoms with Crippen LogP contribution in [0.1, 0.15) is 46.3 Å². The van der Waals surface area contributed by atoms with Gasteiger partial charge in [0.2, 0.25) is 0 Å². The topological polar surface area (TPSA) is 170 Å². The van der Waals surface area contributed by atoms with Crippen LogP contribution in [-0.4, -0.2) is 50.1 Å². The van der Waals surface area contributed by atoms with Crippen LogP contribution < -0.4 is 11.1 Å². The number of hydrogen-bond acceptors (Lipinski definition) is 8. The third-order valence-electron chi connectivity index (χ3n) is 8.41. The second kappa shape index (κ2) is 11.9. The first-order chi connectivity index (χ1) is 20.1. The molecule has 42 heavy (non-hydrogen) atoms. The van der Waals surface area contributed by atoms with Crippen LogP contribution in [0.25, 0.3) is 11.1 Å². The molecule has 3 aromatic rings. The van der Waals surface area contributed by atoms with Gasteiger partial charge in [-0.1, -0.05) is 54.6 Å². The lowest BCUT2D eigenvalue weighted by molar-refractivity contribution is -0.130. The molecule has 2 unspecified atom stereocenters. The molecule has 7 N–H and O–H groups in total. The fourth-order valence-electron chi connectivity index (χ4n) is 6.29. The summed E-state index contributed by atoms with van der Waals surface area (Å²) in [5, 5.41) is 45.8. The minimum atomic E-state index is -2.25. The molecule has 9 nitrogen and oxygen atoms in total. The number of aliphatic hydroxyl groups excluding tert-OH is 2. The maximum Gasteiger partial charge on any atom is 0.255 e. The second-order valence-electron chi connectivity index (χ2n) is 11.2. The molecule has 0 saturated carbocycles. The van der Waals surface area contributed by atoms with Crippen LogP contribution in [0.5, 0.6) is 5.75 Å². The van der Waals surface area contributed by atoms with Crippen molar-refractivity contribution >= 4 is 17.5 Å². The van der Waals surface area contributed by atoms with Crippen molar-refractivity contribution in [2.75, 3.05) is 6.61 Å². The molecule has 0 aromatic heterocycles. The second-order valence-corrected chi connectivity index (χ2v) is 11.2. The van der Waals surface area contributed by atoms with Gasteiger partial charge in [-0.05, 0) is 58.7 Å². The van der Waals surface area contributed by atoms with Crippen molar-refractivity contribution in [2.24, 2.45) is 17.6 Å². The molecule has 2 aliphatic carbocycles. The number of benzene rings is 3. The van der Waals surface area contributed by atoms with E-state index in [1.54, 1.807) is 6.07 Å². The van der Waals surface area contributed by atoms with Crippen LogP contribution >= 0.6 is 0 Å². The van der Waals surface area contributed by atoms with E-state index in [4.69, 9.17) is 5.73 Å². The van der Waals surface area contributed by atoms with Gasteiger partial charge in [0.15, 0.2) is 11.6 Å². The molecule has 9 heteroatoms. The van der Waals surface area contributed by atoms with E-state index in [1.807, 2.05) is 42.5 Å². The number of aliphatic hydroxyl groups is 3. The van der Waals surface area contributed by atoms with Gasteiger partial charge in [-0.25, -0.2) is 0 Å². The molecule has 5 rings (SSSR count). The smallest absolute Gasteiger partial charge is 0.255 e. The zero-order valence-corrected chi connectivity index (χ0v) is 23.0. The lowest BCUT2D eigenvalue weighted by Gasteiger charge is -2.40. The predicted octanol–water partition coefficient (Wildman–Crippen LogP) is 3.09. The number of hydrogen-bond donors (Lipinski definition) is 6. The number of nitrogens with two attached hydrogens (primary N) is 1. The number of carbonyl (C=O) groups is 3. The summed E-state index contributed by atoms with van der Waals surface area (Å²) in [7, 11) is 0. The maximum atomic E-state index is 13.3. The highest BCUT2D eigenvalue weighted by molar-refractivity contribution is 6.20. The van der Waals surface area contributed by atoms with Crippen LogP contribution in [0.4, 0.5) is 0 Å². The Bertz CT molecular complexity index is 1570. The Hall–Kier alpha value is -4.31. The van der Waals surface area contributed by atoms with Crippen LogP contribution in [0, 0.1) is 11.8 Å². The highest BCUT2D eigenvalue weighted by atomic mass is 16.4. The molecule has 2 aliphatic rings. The predicted molar refractivity (Wildman–Crippen MR) is 155 cm³/mol. The normalized spacial score (nSPS) is 22.2. The number of phenols is 1. The highest BCUT2D eigenvalue weighted by Crippen LogP contribution is 2.44. The quantitative estimate of drug-likeness (QED) is 0.213. The number of fused-ring (bicyclic) bond motifs is 1. The number of primary amides is 1. The first-order valence-electron chi connectivity index (χ1n) is 13.9. The number of nitrogens with one attached hydrogen (secondary N) is 1. The zero-order chi connectivity index (χ0) is 30.0. The minimum Gasteiger partial charge on any atom is -0.508 e. The van der Waals surface area contributed by atoms with Crippen molar-refractivity contribution in [2.45, 2.75) is 44.4 Å². The molecule has 0 fully saturated rings. The standard InChI is InChI=1S/C33H34N2O7/c34-32(41)30-28(39)15-23(33(42,18-36)31(30)40)12-21-13-25-24(9-10-26(37)29(25)27(38)14-21)22-8-4-7-20(11-22)17-35-16-19-5-2-1-3-6-19/h1-11,21,23,35-37,40,42H,12-18H2,(H2,34,41)/t21?,23?,33-/m1/s1. The van der Waals surface area contributed by atoms with Gasteiger partial charge in [0.1, 0.15) is 22.7 Å². The van der Waals surface area contributed by atoms with Gasteiger partial charge in [0.25, 0.3) is 5.91 Å². The van der Waals surface area contributed by atoms with E-state index in [-0.39, 0.29) is 42.3 Å². The van der Waals surface area contributed by atoms with Crippen molar-refractivity contribution in [3.05, 3.63) is 100 Å². The Morgan fingerprint density at radius 1 is 0.905 bits per heavy atom. The Morgan fingerprint density at radius 3 is 2.33 bits per heavy atom. The Morgan fingerprint density at radius 2 is 1.62 bits per heavy atom. The molecule has 0 heterocycles. The van der Waals surface area contributed by atoms with Crippen molar-refractivity contribution in [3.8, 4) is 16.9 Å². The summed E-state index contributed by atoms with van der Waals surface area (Å²) in [6.45, 7) is 0.414. The van der Waals surface area contributed by atoms with E-state index < -0.39 is 41.1 Å². The summed E-state index contributed by atoms with van der Waals surface area (Å²) >= 11 is 0. The fraction of sp³-hybridized carbons (Fsp3) is 0.303. The number of phenolic OH excluding ortho intramolecular Hbond substituents is 1. The maximum absolute atomic E-state index is 13.3. The summed E-state index contributed by atoms with van der Waals surface area (Å²) in [6.07, 6.45) is 0.206. The summed E-state index contributed by atoms with van der Waals surface area (Å²) in [5.74, 6) is -4.52. The van der Waals surface area contributed by atoms with Crippen molar-refractivity contribution in [1.82, 2.24) is 5.32 Å². The van der Waals surface area contributed by atoms with Gasteiger partial charge in [0.05, 0.1) is 12.2 Å². The number of ketones is 2. The van der Waals surface area contributed by atoms with Crippen LogP contribution in [0.2, 0.25) is 0 Å². The average molecular weight is 571 g/mol. The Kier molecular flexibility index (Phi) is 8.27. The van der Waals surface area contributed by atoms with E-state index in [0.29, 0.717) is 25.1 Å². The largest absolute Gasteiger partial charge is 0.508 e. The first kappa shape index (κ1) is 29.2. The Balaban J connectivity index is 1.40. The lowest BCUT2D eigenvalue weighted by atomic mass is 9.68. The van der Waals surface area contributed by atoms with E-state index in [9.17, 15) is 34.8 Å². The van der Waals surface area contributed by atoms with Gasteiger partial charge >= 0.3 is 0 Å². The van der Waals surface area contributed by atoms with Gasteiger partial charge in [0, 0.05) is 31.8 Å². The van der Waals surface area contributed by atoms with E-state index in [2.05, 4.69) is 17.4 Å². The zero-order valence-electron chi connectivity index (χ0n) is 23.0. The van der Waals surface area contributed by atoms with E-state index in [0.717, 1.165) is 16.7 Å². The van der Waals surface area contributed by atoms with E-state index >= 15 is 0 Å². The monoisotopic (exact) mass is 570 g/mol. The molecular weight excluding hydrogens is 536 g/mol. The van der Waals surface area contributed by atoms with Crippen molar-refractivity contribution in [3.63, 3.8) is 0 Å². The molecule has 0 radical (unpaired) electrons. The molecule has 0 bridgehead atoms. The molecule has 0 saturated heterocycles. The van der Waals surface area contributed by atoms with Gasteiger partial charge < -0.3 is 31.5 Å². The van der Waals surface area contributed by atoms with Crippen LogP contribution in [0.15, 0.2) is 78.1 Å². The van der Waals surface area contributed by atoms with Gasteiger partial charge in [-0.3, -0.25) is 14.4 Å². The average Bonchev–Trinajstić information content (AvgIpc) is 2.96. The lowest BCUT2D eigenvalue weighted by Crippen LogP contribution is -2.51. The van der Waals surface area contributed by atoms with Crippen molar-refractivity contribution < 1.29 is 34.8 Å². The first-order valence-corrected chi connectivity index (χ1v) is 13.9. The Labute approximate surface area is 243 Å². The third-order valence-corrected chi connectivity index (χ3v) is 8.41. The van der Waals surface area contributed by atoms with Crippen LogP contribution in [0.3, 0.4) is 0 Å². The fourth-order valence-corrected chi connectivity index (χ4v) is 6.29. The number of aromatic hydroxyl groups is 1. The molecule has 3 atom stereocenters. The SMILES string of the molecule is NC(=O)C1=C(O)[C@@](O)(CO)C(CC2CC(=O)c3c(O)ccc(-c4cccc(CNCc5ccccc5)c4)c3C2)CC1=O. The van der Waals surface area contributed by atoms with Gasteiger partial charge in [-0.2, -0.15) is 0 Å². The highest BCUT2D eigenvalue weighted by Gasteiger charge is 2.50. The summed E-state index contributed by atoms with van der Waals surface area (Å²) in [6, 6.07) is 21.3. The number of rotatable bonds is 9. The molecule has 0 aliphatic heterocycles. The minimum absolute atomic E-state index is 0.0484. The number of Topliss-reactive ketones (excluding diaryl/α,β-unsaturated/α-hetero) is 2. The van der Waals surface area contributed by atoms with Gasteiger partial charge in [-0.15, -0.1) is 0 Å². The summed E-state index contributed by atoms with van der Waals surface area (Å²) in [4.78, 5) is 37.7. The molecule has 3 aromatic carbocycles. The molecule has 218 valence electrons. The molecular formula is C33H34N2O7.